The molecule has 1 N–H and O–H groups in total. The van der Waals surface area contributed by atoms with Crippen LogP contribution in [0, 0.1) is 0 Å². The van der Waals surface area contributed by atoms with Crippen LogP contribution in [0.15, 0.2) is 196 Å². The highest BCUT2D eigenvalue weighted by Gasteiger charge is 2.22. The highest BCUT2D eigenvalue weighted by atomic mass is 32.1. The number of fused-ring (bicyclic) bond motifs is 9. The molecule has 12 rings (SSSR count). The number of aromatic nitrogens is 1. The molecular weight excluding hydrogens is 717 g/mol. The molecule has 1 unspecified atom stereocenters. The Labute approximate surface area is 331 Å². The van der Waals surface area contributed by atoms with Crippen molar-refractivity contribution in [2.45, 2.75) is 6.17 Å². The summed E-state index contributed by atoms with van der Waals surface area (Å²) in [6.07, 6.45) is -0.299. The Balaban J connectivity index is 0.963. The Morgan fingerprint density at radius 3 is 1.95 bits per heavy atom. The van der Waals surface area contributed by atoms with Crippen molar-refractivity contribution in [1.29, 1.82) is 0 Å². The molecule has 5 nitrogen and oxygen atoms in total. The van der Waals surface area contributed by atoms with Gasteiger partial charge in [-0.3, -0.25) is 0 Å². The van der Waals surface area contributed by atoms with Crippen LogP contribution in [0.25, 0.3) is 80.7 Å². The standard InChI is InChI=1S/C51H32N4OS/c1-3-12-31(13-4-1)49-52-50(32-14-5-2-6-15-32)54-51(53-49)34-23-27-47-42(29-34)41-28-33(22-26-46(41)57-47)36-18-11-19-39-40-30-35(24-25-45(40)56-48(36)39)55-43-20-9-7-16-37(43)38-17-8-10-21-44(38)55/h1-30,51H,(H,52,53,54). The number of para-hydroxylation sites is 3. The van der Waals surface area contributed by atoms with E-state index in [2.05, 4.69) is 155 Å². The van der Waals surface area contributed by atoms with Gasteiger partial charge in [-0.05, 0) is 65.7 Å². The van der Waals surface area contributed by atoms with Crippen molar-refractivity contribution in [2.75, 3.05) is 0 Å². The summed E-state index contributed by atoms with van der Waals surface area (Å²) >= 11 is 1.82. The zero-order chi connectivity index (χ0) is 37.5. The van der Waals surface area contributed by atoms with Gasteiger partial charge in [0.25, 0.3) is 0 Å². The van der Waals surface area contributed by atoms with E-state index in [-0.39, 0.29) is 6.17 Å². The summed E-state index contributed by atoms with van der Waals surface area (Å²) in [6, 6.07) is 64.4. The molecule has 0 fully saturated rings. The smallest absolute Gasteiger partial charge is 0.159 e. The molecule has 1 atom stereocenters. The van der Waals surface area contributed by atoms with Gasteiger partial charge in [-0.25, -0.2) is 9.98 Å². The number of thiophene rings is 1. The molecule has 0 aliphatic carbocycles. The second-order valence-corrected chi connectivity index (χ2v) is 15.7. The number of aliphatic imine (C=N–C) groups is 2. The molecule has 0 radical (unpaired) electrons. The van der Waals surface area contributed by atoms with Crippen LogP contribution < -0.4 is 5.32 Å². The van der Waals surface area contributed by atoms with E-state index in [1.54, 1.807) is 0 Å². The molecule has 0 saturated heterocycles. The Hall–Kier alpha value is -7.28. The van der Waals surface area contributed by atoms with Crippen LogP contribution in [0.2, 0.25) is 0 Å². The molecule has 0 amide bonds. The van der Waals surface area contributed by atoms with Gasteiger partial charge in [0.2, 0.25) is 0 Å². The topological polar surface area (TPSA) is 54.8 Å². The van der Waals surface area contributed by atoms with Crippen LogP contribution in [0.1, 0.15) is 22.9 Å². The van der Waals surface area contributed by atoms with E-state index in [4.69, 9.17) is 14.4 Å². The summed E-state index contributed by atoms with van der Waals surface area (Å²) in [5.41, 5.74) is 10.6. The lowest BCUT2D eigenvalue weighted by molar-refractivity contribution is 0.670. The van der Waals surface area contributed by atoms with Gasteiger partial charge in [-0.2, -0.15) is 0 Å². The second-order valence-electron chi connectivity index (χ2n) is 14.6. The van der Waals surface area contributed by atoms with Gasteiger partial charge >= 0.3 is 0 Å². The highest BCUT2D eigenvalue weighted by Crippen LogP contribution is 2.42. The third-order valence-corrected chi connectivity index (χ3v) is 12.4. The Morgan fingerprint density at radius 1 is 0.509 bits per heavy atom. The fourth-order valence-corrected chi connectivity index (χ4v) is 9.63. The molecule has 0 bridgehead atoms. The normalized spacial score (nSPS) is 14.5. The number of furan rings is 1. The third kappa shape index (κ3) is 5.15. The lowest BCUT2D eigenvalue weighted by Gasteiger charge is -2.23. The summed E-state index contributed by atoms with van der Waals surface area (Å²) in [4.78, 5) is 10.1. The largest absolute Gasteiger partial charge is 0.455 e. The number of nitrogens with zero attached hydrogens (tertiary/aromatic N) is 3. The molecule has 3 aromatic heterocycles. The van der Waals surface area contributed by atoms with Crippen molar-refractivity contribution < 1.29 is 4.42 Å². The van der Waals surface area contributed by atoms with E-state index in [1.807, 2.05) is 47.7 Å². The maximum atomic E-state index is 6.72. The first-order valence-corrected chi connectivity index (χ1v) is 20.0. The van der Waals surface area contributed by atoms with E-state index in [0.29, 0.717) is 0 Å². The minimum absolute atomic E-state index is 0.299. The number of amidine groups is 2. The average Bonchev–Trinajstić information content (AvgIpc) is 3.95. The molecule has 8 aromatic carbocycles. The van der Waals surface area contributed by atoms with Crippen LogP contribution in [-0.4, -0.2) is 16.2 Å². The zero-order valence-electron chi connectivity index (χ0n) is 30.6. The van der Waals surface area contributed by atoms with Crippen molar-refractivity contribution in [3.63, 3.8) is 0 Å². The van der Waals surface area contributed by atoms with Crippen LogP contribution in [-0.2, 0) is 0 Å². The summed E-state index contributed by atoms with van der Waals surface area (Å²) in [6.45, 7) is 0. The first-order chi connectivity index (χ1) is 28.2. The van der Waals surface area contributed by atoms with Gasteiger partial charge in [0, 0.05) is 64.1 Å². The SMILES string of the molecule is c1ccc(C2=NC(c3ccc4sc5ccc(-c6cccc7c6oc6ccc(-n8c9ccccc9c9ccccc98)cc67)cc5c4c3)NC(c3ccccc3)=N2)cc1. The van der Waals surface area contributed by atoms with Gasteiger partial charge in [0.1, 0.15) is 23.2 Å². The monoisotopic (exact) mass is 748 g/mol. The van der Waals surface area contributed by atoms with Crippen LogP contribution >= 0.6 is 11.3 Å². The van der Waals surface area contributed by atoms with Crippen molar-refractivity contribution in [3.8, 4) is 16.8 Å². The van der Waals surface area contributed by atoms with Crippen molar-refractivity contribution in [1.82, 2.24) is 9.88 Å². The summed E-state index contributed by atoms with van der Waals surface area (Å²) in [7, 11) is 0. The number of hydrogen-bond donors (Lipinski definition) is 1. The molecule has 0 spiro atoms. The van der Waals surface area contributed by atoms with E-state index in [1.165, 1.54) is 42.0 Å². The summed E-state index contributed by atoms with van der Waals surface area (Å²) in [5, 5.41) is 10.8. The van der Waals surface area contributed by atoms with Gasteiger partial charge in [0.15, 0.2) is 5.84 Å². The Kier molecular flexibility index (Phi) is 7.09. The van der Waals surface area contributed by atoms with Crippen LogP contribution in [0.4, 0.5) is 0 Å². The molecule has 4 heterocycles. The maximum absolute atomic E-state index is 6.72. The molecule has 11 aromatic rings. The predicted octanol–water partition coefficient (Wildman–Crippen LogP) is 13.2. The molecule has 268 valence electrons. The quantitative estimate of drug-likeness (QED) is 0.191. The minimum Gasteiger partial charge on any atom is -0.455 e. The number of nitrogens with one attached hydrogen (secondary N) is 1. The first-order valence-electron chi connectivity index (χ1n) is 19.2. The van der Waals surface area contributed by atoms with Crippen LogP contribution in [0.3, 0.4) is 0 Å². The van der Waals surface area contributed by atoms with Gasteiger partial charge in [-0.1, -0.05) is 127 Å². The molecule has 1 aliphatic rings. The Morgan fingerprint density at radius 2 is 1.18 bits per heavy atom. The van der Waals surface area contributed by atoms with Crippen molar-refractivity contribution in [3.05, 3.63) is 199 Å². The van der Waals surface area contributed by atoms with E-state index >= 15 is 0 Å². The lowest BCUT2D eigenvalue weighted by Crippen LogP contribution is -2.33. The summed E-state index contributed by atoms with van der Waals surface area (Å²) < 4.78 is 11.6. The van der Waals surface area contributed by atoms with Crippen molar-refractivity contribution >= 4 is 86.9 Å². The number of rotatable bonds is 5. The molecular formula is C51H32N4OS. The fourth-order valence-electron chi connectivity index (χ4n) is 8.57. The van der Waals surface area contributed by atoms with Gasteiger partial charge in [-0.15, -0.1) is 11.3 Å². The predicted molar refractivity (Wildman–Crippen MR) is 238 cm³/mol. The fraction of sp³-hybridized carbons (Fsp3) is 0.0196. The van der Waals surface area contributed by atoms with Crippen LogP contribution in [0.5, 0.6) is 0 Å². The van der Waals surface area contributed by atoms with E-state index in [0.717, 1.165) is 67.1 Å². The maximum Gasteiger partial charge on any atom is 0.159 e. The highest BCUT2D eigenvalue weighted by molar-refractivity contribution is 7.25. The van der Waals surface area contributed by atoms with Gasteiger partial charge < -0.3 is 14.3 Å². The average molecular weight is 749 g/mol. The lowest BCUT2D eigenvalue weighted by atomic mass is 9.99. The van der Waals surface area contributed by atoms with Crippen molar-refractivity contribution in [2.24, 2.45) is 9.98 Å². The zero-order valence-corrected chi connectivity index (χ0v) is 31.4. The molecule has 0 saturated carbocycles. The third-order valence-electron chi connectivity index (χ3n) is 11.3. The van der Waals surface area contributed by atoms with Gasteiger partial charge in [0.05, 0.1) is 11.0 Å². The molecule has 6 heteroatoms. The first kappa shape index (κ1) is 32.0. The molecule has 1 aliphatic heterocycles. The second kappa shape index (κ2) is 12.6. The molecule has 57 heavy (non-hydrogen) atoms. The Bertz CT molecular complexity index is 3390. The van der Waals surface area contributed by atoms with E-state index < -0.39 is 0 Å². The number of hydrogen-bond acceptors (Lipinski definition) is 5. The minimum atomic E-state index is -0.299. The summed E-state index contributed by atoms with van der Waals surface area (Å²) in [5.74, 6) is 1.53. The van der Waals surface area contributed by atoms with E-state index in [9.17, 15) is 0 Å². The number of benzene rings is 8.